The maximum Gasteiger partial charge on any atom is 0.0991 e. The van der Waals surface area contributed by atoms with Crippen LogP contribution in [0, 0.1) is 0 Å². The summed E-state index contributed by atoms with van der Waals surface area (Å²) >= 11 is 0. The van der Waals surface area contributed by atoms with Crippen LogP contribution in [0.1, 0.15) is 31.2 Å². The first-order valence-electron chi connectivity index (χ1n) is 7.23. The maximum absolute atomic E-state index is 4.09. The standard InChI is InChI=1S/C16H19N3/c1-3-14(18-10-9-17-12-18)4-2-13(1)11-19-15-5-6-16(19)8-7-15/h1-4,9-10,12,15-16H,5-8,11H2. The minimum atomic E-state index is 0.860. The van der Waals surface area contributed by atoms with E-state index in [0.29, 0.717) is 0 Å². The van der Waals surface area contributed by atoms with Gasteiger partial charge in [0, 0.05) is 36.7 Å². The number of fused-ring (bicyclic) bond motifs is 2. The van der Waals surface area contributed by atoms with Crippen molar-refractivity contribution in [1.29, 1.82) is 0 Å². The van der Waals surface area contributed by atoms with E-state index in [1.54, 1.807) is 0 Å². The van der Waals surface area contributed by atoms with Gasteiger partial charge < -0.3 is 4.57 Å². The SMILES string of the molecule is c1cn(-c2ccc(CN3C4CCC3CC4)cc2)cn1. The highest BCUT2D eigenvalue weighted by Gasteiger charge is 2.38. The summed E-state index contributed by atoms with van der Waals surface area (Å²) < 4.78 is 2.04. The topological polar surface area (TPSA) is 21.1 Å². The van der Waals surface area contributed by atoms with E-state index in [9.17, 15) is 0 Å². The molecule has 3 nitrogen and oxygen atoms in total. The van der Waals surface area contributed by atoms with Gasteiger partial charge >= 0.3 is 0 Å². The van der Waals surface area contributed by atoms with Crippen LogP contribution in [0.3, 0.4) is 0 Å². The second-order valence-corrected chi connectivity index (χ2v) is 5.77. The number of imidazole rings is 1. The number of benzene rings is 1. The Bertz CT molecular complexity index is 524. The van der Waals surface area contributed by atoms with Crippen molar-refractivity contribution in [3.8, 4) is 5.69 Å². The van der Waals surface area contributed by atoms with Crippen LogP contribution in [-0.4, -0.2) is 26.5 Å². The highest BCUT2D eigenvalue weighted by molar-refractivity contribution is 5.34. The Hall–Kier alpha value is -1.61. The van der Waals surface area contributed by atoms with Crippen LogP contribution in [0.2, 0.25) is 0 Å². The van der Waals surface area contributed by atoms with Crippen molar-refractivity contribution < 1.29 is 0 Å². The Kier molecular flexibility index (Phi) is 2.66. The average Bonchev–Trinajstić information content (AvgIpc) is 3.18. The smallest absolute Gasteiger partial charge is 0.0991 e. The predicted molar refractivity (Wildman–Crippen MR) is 75.2 cm³/mol. The van der Waals surface area contributed by atoms with Crippen LogP contribution in [0.4, 0.5) is 0 Å². The molecule has 4 rings (SSSR count). The van der Waals surface area contributed by atoms with Gasteiger partial charge in [0.1, 0.15) is 0 Å². The summed E-state index contributed by atoms with van der Waals surface area (Å²) in [6, 6.07) is 10.6. The van der Waals surface area contributed by atoms with Crippen molar-refractivity contribution in [2.45, 2.75) is 44.3 Å². The molecule has 0 saturated carbocycles. The molecule has 98 valence electrons. The van der Waals surface area contributed by atoms with Gasteiger partial charge in [-0.05, 0) is 43.4 Å². The molecule has 3 heterocycles. The van der Waals surface area contributed by atoms with E-state index in [1.165, 1.54) is 36.9 Å². The van der Waals surface area contributed by atoms with E-state index in [4.69, 9.17) is 0 Å². The molecule has 1 aromatic carbocycles. The average molecular weight is 253 g/mol. The Morgan fingerprint density at radius 2 is 1.68 bits per heavy atom. The van der Waals surface area contributed by atoms with Gasteiger partial charge in [-0.2, -0.15) is 0 Å². The maximum atomic E-state index is 4.09. The molecule has 2 saturated heterocycles. The Labute approximate surface area is 113 Å². The van der Waals surface area contributed by atoms with Gasteiger partial charge in [0.05, 0.1) is 6.33 Å². The molecule has 0 radical (unpaired) electrons. The zero-order valence-electron chi connectivity index (χ0n) is 11.1. The molecular formula is C16H19N3. The molecule has 2 aliphatic rings. The third kappa shape index (κ3) is 1.98. The van der Waals surface area contributed by atoms with E-state index in [-0.39, 0.29) is 0 Å². The molecule has 3 heteroatoms. The van der Waals surface area contributed by atoms with Crippen molar-refractivity contribution in [2.24, 2.45) is 0 Å². The summed E-state index contributed by atoms with van der Waals surface area (Å²) in [4.78, 5) is 6.80. The quantitative estimate of drug-likeness (QED) is 0.838. The molecule has 2 fully saturated rings. The molecule has 2 bridgehead atoms. The van der Waals surface area contributed by atoms with Crippen LogP contribution >= 0.6 is 0 Å². The summed E-state index contributed by atoms with van der Waals surface area (Å²) in [7, 11) is 0. The normalized spacial score (nSPS) is 26.1. The highest BCUT2D eigenvalue weighted by atomic mass is 15.2. The third-order valence-electron chi connectivity index (χ3n) is 4.71. The van der Waals surface area contributed by atoms with Gasteiger partial charge in [0.25, 0.3) is 0 Å². The van der Waals surface area contributed by atoms with E-state index in [1.807, 2.05) is 23.3 Å². The van der Waals surface area contributed by atoms with Crippen LogP contribution in [0.25, 0.3) is 5.69 Å². The monoisotopic (exact) mass is 253 g/mol. The van der Waals surface area contributed by atoms with E-state index >= 15 is 0 Å². The van der Waals surface area contributed by atoms with Crippen LogP contribution < -0.4 is 0 Å². The molecule has 0 atom stereocenters. The Morgan fingerprint density at radius 1 is 1.00 bits per heavy atom. The largest absolute Gasteiger partial charge is 0.306 e. The van der Waals surface area contributed by atoms with E-state index in [0.717, 1.165) is 18.6 Å². The van der Waals surface area contributed by atoms with Crippen molar-refractivity contribution in [3.63, 3.8) is 0 Å². The molecule has 2 aromatic rings. The first-order chi connectivity index (χ1) is 9.40. The minimum Gasteiger partial charge on any atom is -0.306 e. The number of aromatic nitrogens is 2. The second kappa shape index (κ2) is 4.49. The lowest BCUT2D eigenvalue weighted by Crippen LogP contribution is -2.27. The van der Waals surface area contributed by atoms with Crippen LogP contribution in [-0.2, 0) is 6.54 Å². The molecule has 0 amide bonds. The summed E-state index contributed by atoms with van der Waals surface area (Å²) in [5.74, 6) is 0. The van der Waals surface area contributed by atoms with Gasteiger partial charge in [-0.1, -0.05) is 12.1 Å². The van der Waals surface area contributed by atoms with E-state index < -0.39 is 0 Å². The van der Waals surface area contributed by atoms with Crippen molar-refractivity contribution in [1.82, 2.24) is 14.5 Å². The fourth-order valence-corrected chi connectivity index (χ4v) is 3.67. The van der Waals surface area contributed by atoms with E-state index in [2.05, 4.69) is 34.1 Å². The molecule has 2 aliphatic heterocycles. The summed E-state index contributed by atoms with van der Waals surface area (Å²) in [6.45, 7) is 1.12. The molecule has 1 aromatic heterocycles. The lowest BCUT2D eigenvalue weighted by atomic mass is 10.0. The lowest BCUT2D eigenvalue weighted by molar-refractivity contribution is 0.244. The molecule has 0 unspecified atom stereocenters. The van der Waals surface area contributed by atoms with Gasteiger partial charge in [-0.25, -0.2) is 4.98 Å². The summed E-state index contributed by atoms with van der Waals surface area (Å²) in [6.07, 6.45) is 11.3. The first kappa shape index (κ1) is 11.2. The summed E-state index contributed by atoms with van der Waals surface area (Å²) in [5, 5.41) is 0. The predicted octanol–water partition coefficient (Wildman–Crippen LogP) is 3.00. The molecule has 19 heavy (non-hydrogen) atoms. The van der Waals surface area contributed by atoms with Gasteiger partial charge in [0.2, 0.25) is 0 Å². The van der Waals surface area contributed by atoms with Gasteiger partial charge in [0.15, 0.2) is 0 Å². The number of rotatable bonds is 3. The molecular weight excluding hydrogens is 234 g/mol. The van der Waals surface area contributed by atoms with Crippen LogP contribution in [0.5, 0.6) is 0 Å². The molecule has 0 N–H and O–H groups in total. The van der Waals surface area contributed by atoms with Gasteiger partial charge in [-0.15, -0.1) is 0 Å². The fraction of sp³-hybridized carbons (Fsp3) is 0.438. The lowest BCUT2D eigenvalue weighted by Gasteiger charge is -2.21. The second-order valence-electron chi connectivity index (χ2n) is 5.77. The Morgan fingerprint density at radius 3 is 2.26 bits per heavy atom. The molecule has 0 aliphatic carbocycles. The number of hydrogen-bond donors (Lipinski definition) is 0. The van der Waals surface area contributed by atoms with Gasteiger partial charge in [-0.3, -0.25) is 4.90 Å². The van der Waals surface area contributed by atoms with Crippen molar-refractivity contribution in [2.75, 3.05) is 0 Å². The Balaban J connectivity index is 1.50. The highest BCUT2D eigenvalue weighted by Crippen LogP contribution is 2.38. The summed E-state index contributed by atoms with van der Waals surface area (Å²) in [5.41, 5.74) is 2.62. The first-order valence-corrected chi connectivity index (χ1v) is 7.23. The molecule has 0 spiro atoms. The number of nitrogens with zero attached hydrogens (tertiary/aromatic N) is 3. The third-order valence-corrected chi connectivity index (χ3v) is 4.71. The van der Waals surface area contributed by atoms with Crippen molar-refractivity contribution >= 4 is 0 Å². The zero-order chi connectivity index (χ0) is 12.7. The van der Waals surface area contributed by atoms with Crippen LogP contribution in [0.15, 0.2) is 43.0 Å². The number of hydrogen-bond acceptors (Lipinski definition) is 2. The van der Waals surface area contributed by atoms with Crippen molar-refractivity contribution in [3.05, 3.63) is 48.5 Å². The zero-order valence-corrected chi connectivity index (χ0v) is 11.1. The minimum absolute atomic E-state index is 0.860. The fourth-order valence-electron chi connectivity index (χ4n) is 3.67.